The van der Waals surface area contributed by atoms with Gasteiger partial charge in [0.25, 0.3) is 0 Å². The van der Waals surface area contributed by atoms with Crippen LogP contribution in [0.15, 0.2) is 5.16 Å². The maximum absolute atomic E-state index is 12.6. The molecule has 5 heteroatoms. The van der Waals surface area contributed by atoms with Crippen LogP contribution in [-0.4, -0.2) is 34.9 Å². The Kier molecular flexibility index (Phi) is 4.99. The molecule has 1 aliphatic carbocycles. The van der Waals surface area contributed by atoms with Gasteiger partial charge in [0.1, 0.15) is 5.41 Å². The van der Waals surface area contributed by atoms with E-state index in [1.54, 1.807) is 6.92 Å². The van der Waals surface area contributed by atoms with Gasteiger partial charge in [-0.25, -0.2) is 0 Å². The maximum Gasteiger partial charge on any atom is 0.236 e. The molecule has 0 aromatic heterocycles. The van der Waals surface area contributed by atoms with Crippen molar-refractivity contribution in [3.05, 3.63) is 0 Å². The van der Waals surface area contributed by atoms with Crippen LogP contribution in [0.4, 0.5) is 0 Å². The summed E-state index contributed by atoms with van der Waals surface area (Å²) < 4.78 is 0. The third kappa shape index (κ3) is 2.76. The largest absolute Gasteiger partial charge is 0.409 e. The van der Waals surface area contributed by atoms with Crippen molar-refractivity contribution < 1.29 is 10.0 Å². The summed E-state index contributed by atoms with van der Waals surface area (Å²) in [6.45, 7) is 7.06. The summed E-state index contributed by atoms with van der Waals surface area (Å²) in [5.74, 6) is 0.596. The first-order chi connectivity index (χ1) is 8.49. The number of nitrogens with zero attached hydrogens (tertiary/aromatic N) is 2. The smallest absolute Gasteiger partial charge is 0.236 e. The molecule has 0 spiro atoms. The minimum Gasteiger partial charge on any atom is -0.409 e. The lowest BCUT2D eigenvalue weighted by molar-refractivity contribution is -0.138. The SMILES string of the molecule is CCN(CC1CCC1)C(=O)C(C)(CC)C(N)=NO. The van der Waals surface area contributed by atoms with Crippen molar-refractivity contribution in [3.63, 3.8) is 0 Å². The highest BCUT2D eigenvalue weighted by atomic mass is 16.4. The van der Waals surface area contributed by atoms with Gasteiger partial charge in [0.15, 0.2) is 5.84 Å². The molecule has 0 saturated heterocycles. The first-order valence-corrected chi connectivity index (χ1v) is 6.76. The third-order valence-electron chi connectivity index (χ3n) is 4.22. The Morgan fingerprint density at radius 3 is 2.44 bits per heavy atom. The van der Waals surface area contributed by atoms with Gasteiger partial charge in [-0.15, -0.1) is 0 Å². The second-order valence-corrected chi connectivity index (χ2v) is 5.31. The predicted octanol–water partition coefficient (Wildman–Crippen LogP) is 1.80. The van der Waals surface area contributed by atoms with Gasteiger partial charge >= 0.3 is 0 Å². The number of oxime groups is 1. The van der Waals surface area contributed by atoms with Crippen molar-refractivity contribution in [1.82, 2.24) is 4.90 Å². The van der Waals surface area contributed by atoms with E-state index < -0.39 is 5.41 Å². The lowest BCUT2D eigenvalue weighted by atomic mass is 9.82. The Labute approximate surface area is 109 Å². The lowest BCUT2D eigenvalue weighted by Gasteiger charge is -2.36. The normalized spacial score (nSPS) is 20.1. The maximum atomic E-state index is 12.6. The van der Waals surface area contributed by atoms with Crippen LogP contribution >= 0.6 is 0 Å². The monoisotopic (exact) mass is 255 g/mol. The molecule has 1 aliphatic rings. The highest BCUT2D eigenvalue weighted by Crippen LogP contribution is 2.30. The summed E-state index contributed by atoms with van der Waals surface area (Å²) in [6.07, 6.45) is 4.21. The number of carbonyl (C=O) groups excluding carboxylic acids is 1. The first-order valence-electron chi connectivity index (χ1n) is 6.76. The second-order valence-electron chi connectivity index (χ2n) is 5.31. The Hall–Kier alpha value is -1.26. The first kappa shape index (κ1) is 14.8. The van der Waals surface area contributed by atoms with Crippen molar-refractivity contribution in [1.29, 1.82) is 0 Å². The standard InChI is InChI=1S/C13H25N3O2/c1-4-13(3,11(14)15-18)12(17)16(5-2)9-10-7-6-8-10/h10,18H,4-9H2,1-3H3,(H2,14,15). The van der Waals surface area contributed by atoms with E-state index in [1.807, 2.05) is 18.7 Å². The summed E-state index contributed by atoms with van der Waals surface area (Å²) in [4.78, 5) is 14.4. The molecule has 0 aliphatic heterocycles. The zero-order valence-corrected chi connectivity index (χ0v) is 11.6. The molecule has 0 bridgehead atoms. The molecular weight excluding hydrogens is 230 g/mol. The van der Waals surface area contributed by atoms with Crippen molar-refractivity contribution in [2.75, 3.05) is 13.1 Å². The molecule has 104 valence electrons. The van der Waals surface area contributed by atoms with Gasteiger partial charge in [0, 0.05) is 13.1 Å². The molecule has 3 N–H and O–H groups in total. The Morgan fingerprint density at radius 1 is 1.50 bits per heavy atom. The van der Waals surface area contributed by atoms with E-state index in [0.29, 0.717) is 18.9 Å². The van der Waals surface area contributed by atoms with Crippen molar-refractivity contribution >= 4 is 11.7 Å². The second kappa shape index (κ2) is 6.07. The molecule has 1 unspecified atom stereocenters. The van der Waals surface area contributed by atoms with E-state index in [1.165, 1.54) is 19.3 Å². The molecule has 0 heterocycles. The van der Waals surface area contributed by atoms with E-state index in [-0.39, 0.29) is 11.7 Å². The minimum atomic E-state index is -0.894. The average molecular weight is 255 g/mol. The van der Waals surface area contributed by atoms with Gasteiger partial charge < -0.3 is 15.8 Å². The fourth-order valence-electron chi connectivity index (χ4n) is 2.24. The molecule has 1 atom stereocenters. The van der Waals surface area contributed by atoms with E-state index in [9.17, 15) is 4.79 Å². The van der Waals surface area contributed by atoms with Crippen molar-refractivity contribution in [3.8, 4) is 0 Å². The van der Waals surface area contributed by atoms with Crippen LogP contribution in [0.5, 0.6) is 0 Å². The Balaban J connectivity index is 2.79. The minimum absolute atomic E-state index is 0.00191. The van der Waals surface area contributed by atoms with Gasteiger partial charge in [0.2, 0.25) is 5.91 Å². The number of nitrogens with two attached hydrogens (primary N) is 1. The Bertz CT molecular complexity index is 326. The third-order valence-corrected chi connectivity index (χ3v) is 4.22. The molecule has 0 radical (unpaired) electrons. The van der Waals surface area contributed by atoms with Crippen LogP contribution in [-0.2, 0) is 4.79 Å². The van der Waals surface area contributed by atoms with E-state index >= 15 is 0 Å². The van der Waals surface area contributed by atoms with E-state index in [2.05, 4.69) is 5.16 Å². The quantitative estimate of drug-likeness (QED) is 0.329. The zero-order chi connectivity index (χ0) is 13.8. The highest BCUT2D eigenvalue weighted by molar-refractivity contribution is 6.06. The fraction of sp³-hybridized carbons (Fsp3) is 0.846. The molecule has 0 aromatic carbocycles. The molecule has 1 rings (SSSR count). The predicted molar refractivity (Wildman–Crippen MR) is 71.4 cm³/mol. The van der Waals surface area contributed by atoms with Crippen LogP contribution < -0.4 is 5.73 Å². The summed E-state index contributed by atoms with van der Waals surface area (Å²) in [5.41, 5.74) is 4.79. The van der Waals surface area contributed by atoms with Gasteiger partial charge in [-0.1, -0.05) is 18.5 Å². The van der Waals surface area contributed by atoms with Crippen LogP contribution in [0, 0.1) is 11.3 Å². The Morgan fingerprint density at radius 2 is 2.11 bits per heavy atom. The van der Waals surface area contributed by atoms with Crippen molar-refractivity contribution in [2.24, 2.45) is 22.2 Å². The summed E-state index contributed by atoms with van der Waals surface area (Å²) in [6, 6.07) is 0. The van der Waals surface area contributed by atoms with Gasteiger partial charge in [-0.2, -0.15) is 0 Å². The topological polar surface area (TPSA) is 78.9 Å². The molecule has 5 nitrogen and oxygen atoms in total. The number of amides is 1. The molecule has 1 amide bonds. The van der Waals surface area contributed by atoms with Gasteiger partial charge in [-0.05, 0) is 39.0 Å². The number of amidine groups is 1. The van der Waals surface area contributed by atoms with Crippen molar-refractivity contribution in [2.45, 2.75) is 46.5 Å². The number of hydrogen-bond acceptors (Lipinski definition) is 3. The number of rotatable bonds is 6. The van der Waals surface area contributed by atoms with Crippen LogP contribution in [0.3, 0.4) is 0 Å². The fourth-order valence-corrected chi connectivity index (χ4v) is 2.24. The molecule has 0 aromatic rings. The van der Waals surface area contributed by atoms with Crippen LogP contribution in [0.1, 0.15) is 46.5 Å². The summed E-state index contributed by atoms with van der Waals surface area (Å²) in [7, 11) is 0. The molecular formula is C13H25N3O2. The summed E-state index contributed by atoms with van der Waals surface area (Å²) in [5, 5.41) is 11.9. The number of carbonyl (C=O) groups is 1. The van der Waals surface area contributed by atoms with E-state index in [0.717, 1.165) is 6.54 Å². The molecule has 1 fully saturated rings. The molecule has 18 heavy (non-hydrogen) atoms. The van der Waals surface area contributed by atoms with E-state index in [4.69, 9.17) is 10.9 Å². The summed E-state index contributed by atoms with van der Waals surface area (Å²) >= 11 is 0. The van der Waals surface area contributed by atoms with Crippen LogP contribution in [0.2, 0.25) is 0 Å². The average Bonchev–Trinajstić information content (AvgIpc) is 2.35. The lowest BCUT2D eigenvalue weighted by Crippen LogP contribution is -2.51. The highest BCUT2D eigenvalue weighted by Gasteiger charge is 2.39. The van der Waals surface area contributed by atoms with Crippen LogP contribution in [0.25, 0.3) is 0 Å². The van der Waals surface area contributed by atoms with Gasteiger partial charge in [0.05, 0.1) is 0 Å². The zero-order valence-electron chi connectivity index (χ0n) is 11.6. The molecule has 1 saturated carbocycles. The number of hydrogen-bond donors (Lipinski definition) is 2. The van der Waals surface area contributed by atoms with Gasteiger partial charge in [-0.3, -0.25) is 4.79 Å².